The number of para-hydroxylation sites is 2. The van der Waals surface area contributed by atoms with E-state index in [9.17, 15) is 5.11 Å². The molecule has 8 rings (SSSR count). The first kappa shape index (κ1) is 27.3. The number of phenolic OH excluding ortho intramolecular Hbond substituents is 1. The van der Waals surface area contributed by atoms with Crippen LogP contribution in [0, 0.1) is 13.8 Å². The minimum Gasteiger partial charge on any atom is -0.507 e. The van der Waals surface area contributed by atoms with Crippen LogP contribution in [0.1, 0.15) is 75.9 Å². The van der Waals surface area contributed by atoms with Gasteiger partial charge in [-0.25, -0.2) is 4.98 Å². The summed E-state index contributed by atoms with van der Waals surface area (Å²) < 4.78 is 75.5. The first-order chi connectivity index (χ1) is 30.5. The number of imidazole rings is 1. The summed E-state index contributed by atoms with van der Waals surface area (Å²) in [7, 11) is 0. The molecule has 0 saturated heterocycles. The molecule has 0 spiro atoms. The van der Waals surface area contributed by atoms with Gasteiger partial charge >= 0.3 is 0 Å². The van der Waals surface area contributed by atoms with Crippen molar-refractivity contribution in [3.05, 3.63) is 168 Å². The lowest BCUT2D eigenvalue weighted by Crippen LogP contribution is -2.11. The maximum atomic E-state index is 11.3. The summed E-state index contributed by atoms with van der Waals surface area (Å²) in [4.78, 5) is 10.1. The number of hydrogen-bond acceptors (Lipinski definition) is 3. The zero-order chi connectivity index (χ0) is 46.9. The van der Waals surface area contributed by atoms with E-state index in [2.05, 4.69) is 93.8 Å². The number of nitrogens with zero attached hydrogens (tertiary/aromatic N) is 3. The van der Waals surface area contributed by atoms with Crippen LogP contribution >= 0.6 is 0 Å². The van der Waals surface area contributed by atoms with E-state index in [-0.39, 0.29) is 16.7 Å². The van der Waals surface area contributed by atoms with Crippen LogP contribution in [0.5, 0.6) is 5.75 Å². The molecule has 2 heterocycles. The van der Waals surface area contributed by atoms with Gasteiger partial charge in [-0.15, -0.1) is 0 Å². The van der Waals surface area contributed by atoms with E-state index in [1.807, 2.05) is 42.5 Å². The minimum absolute atomic E-state index is 0.112. The van der Waals surface area contributed by atoms with Crippen molar-refractivity contribution in [1.82, 2.24) is 14.5 Å². The Morgan fingerprint density at radius 2 is 1.29 bits per heavy atom. The maximum Gasteiger partial charge on any atom is 0.149 e. The number of hydrogen-bond donors (Lipinski definition) is 1. The van der Waals surface area contributed by atoms with Gasteiger partial charge < -0.3 is 5.11 Å². The fraction of sp³-hybridized carbons (Fsp3) is 0.192. The molecule has 0 saturated carbocycles. The van der Waals surface area contributed by atoms with Crippen molar-refractivity contribution >= 4 is 11.0 Å². The molecular weight excluding hydrogens is 683 g/mol. The zero-order valence-electron chi connectivity index (χ0n) is 41.1. The molecule has 6 aromatic carbocycles. The third-order valence-corrected chi connectivity index (χ3v) is 10.6. The average Bonchev–Trinajstić information content (AvgIpc) is 3.63. The molecule has 56 heavy (non-hydrogen) atoms. The topological polar surface area (TPSA) is 50.9 Å². The van der Waals surface area contributed by atoms with Crippen molar-refractivity contribution in [1.29, 1.82) is 0 Å². The molecule has 0 aliphatic heterocycles. The van der Waals surface area contributed by atoms with Crippen LogP contribution in [0.25, 0.3) is 72.7 Å². The molecule has 0 aliphatic carbocycles. The van der Waals surface area contributed by atoms with Gasteiger partial charge in [-0.1, -0.05) is 126 Å². The largest absolute Gasteiger partial charge is 0.507 e. The predicted octanol–water partition coefficient (Wildman–Crippen LogP) is 13.7. The first-order valence-electron chi connectivity index (χ1n) is 23.2. The Morgan fingerprint density at radius 3 is 2.02 bits per heavy atom. The van der Waals surface area contributed by atoms with Crippen LogP contribution in [0.2, 0.25) is 0 Å². The number of aryl methyl sites for hydroxylation is 1. The van der Waals surface area contributed by atoms with Crippen molar-refractivity contribution in [3.8, 4) is 67.5 Å². The Balaban J connectivity index is 1.29. The van der Waals surface area contributed by atoms with E-state index in [1.165, 1.54) is 17.7 Å². The van der Waals surface area contributed by atoms with E-state index in [0.717, 1.165) is 55.7 Å². The molecule has 2 aromatic heterocycles. The lowest BCUT2D eigenvalue weighted by atomic mass is 9.83. The number of pyridine rings is 1. The Hall–Kier alpha value is -6.26. The Labute approximate surface area is 343 Å². The second-order valence-corrected chi connectivity index (χ2v) is 15.6. The first-order valence-corrected chi connectivity index (χ1v) is 18.7. The molecule has 0 unspecified atom stereocenters. The Morgan fingerprint density at radius 1 is 0.571 bits per heavy atom. The van der Waals surface area contributed by atoms with Gasteiger partial charge in [0.2, 0.25) is 0 Å². The molecule has 0 radical (unpaired) electrons. The van der Waals surface area contributed by atoms with Gasteiger partial charge in [0.15, 0.2) is 0 Å². The van der Waals surface area contributed by atoms with Crippen LogP contribution in [0.4, 0.5) is 0 Å². The van der Waals surface area contributed by atoms with Gasteiger partial charge in [-0.3, -0.25) is 9.55 Å². The summed E-state index contributed by atoms with van der Waals surface area (Å²) in [5.41, 5.74) is 9.55. The fourth-order valence-corrected chi connectivity index (χ4v) is 7.37. The highest BCUT2D eigenvalue weighted by molar-refractivity contribution is 5.97. The number of aromatic hydroxyl groups is 1. The van der Waals surface area contributed by atoms with Crippen molar-refractivity contribution in [2.75, 3.05) is 0 Å². The molecule has 0 bridgehead atoms. The standard InChI is InChI=1S/C52H49N3O/c1-33-27-42(32-45(34(33)2)36-15-10-9-11-16-36)55-47-19-14-18-43(49(47)54-50(55)44-17-12-13-20-48(44)56)38-28-39(30-41(29-38)52(6,7)8)46-31-37(25-26-53-46)35-21-23-40(24-22-35)51(3,4)5/h9-32,56H,1-8H3/i3D3,4D3,5D3. The summed E-state index contributed by atoms with van der Waals surface area (Å²) in [5, 5.41) is 11.3. The third kappa shape index (κ3) is 6.92. The Kier molecular flexibility index (Phi) is 6.89. The summed E-state index contributed by atoms with van der Waals surface area (Å²) >= 11 is 0. The van der Waals surface area contributed by atoms with Crippen molar-refractivity contribution < 1.29 is 17.4 Å². The van der Waals surface area contributed by atoms with Crippen molar-refractivity contribution in [3.63, 3.8) is 0 Å². The lowest BCUT2D eigenvalue weighted by molar-refractivity contribution is 0.477. The van der Waals surface area contributed by atoms with E-state index in [4.69, 9.17) is 22.3 Å². The third-order valence-electron chi connectivity index (χ3n) is 10.6. The fourth-order valence-electron chi connectivity index (χ4n) is 7.37. The van der Waals surface area contributed by atoms with Crippen LogP contribution in [0.15, 0.2) is 146 Å². The van der Waals surface area contributed by atoms with Crippen LogP contribution in [-0.4, -0.2) is 19.6 Å². The summed E-state index contributed by atoms with van der Waals surface area (Å²) in [6.45, 7) is 0.613. The van der Waals surface area contributed by atoms with Crippen LogP contribution in [-0.2, 0) is 10.8 Å². The molecule has 278 valence electrons. The number of phenols is 1. The quantitative estimate of drug-likeness (QED) is 0.185. The minimum atomic E-state index is -3.36. The van der Waals surface area contributed by atoms with Gasteiger partial charge in [-0.05, 0) is 129 Å². The highest BCUT2D eigenvalue weighted by Gasteiger charge is 2.23. The smallest absolute Gasteiger partial charge is 0.149 e. The lowest BCUT2D eigenvalue weighted by Gasteiger charge is -2.22. The molecule has 4 nitrogen and oxygen atoms in total. The molecule has 0 atom stereocenters. The number of benzene rings is 6. The molecule has 0 aliphatic rings. The van der Waals surface area contributed by atoms with Crippen LogP contribution in [0.3, 0.4) is 0 Å². The summed E-state index contributed by atoms with van der Waals surface area (Å²) in [6, 6.07) is 43.8. The van der Waals surface area contributed by atoms with E-state index in [1.54, 1.807) is 36.5 Å². The summed E-state index contributed by atoms with van der Waals surface area (Å²) in [5.74, 6) is 0.704. The van der Waals surface area contributed by atoms with Gasteiger partial charge in [0, 0.05) is 35.3 Å². The highest BCUT2D eigenvalue weighted by atomic mass is 16.3. The van der Waals surface area contributed by atoms with Gasteiger partial charge in [0.25, 0.3) is 0 Å². The second kappa shape index (κ2) is 14.1. The SMILES string of the molecule is [2H]C([2H])([2H])C(c1ccc(-c2ccnc(-c3cc(-c4cccc5c4nc(-c4ccccc4O)n5-c4cc(C)c(C)c(-c5ccccc5)c4)cc(C(C)(C)C)c3)c2)cc1)(C([2H])([2H])[2H])C([2H])([2H])[2H]. The number of rotatable bonds is 6. The number of fused-ring (bicyclic) bond motifs is 1. The summed E-state index contributed by atoms with van der Waals surface area (Å²) in [6.07, 6.45) is 1.67. The van der Waals surface area contributed by atoms with E-state index < -0.39 is 26.0 Å². The molecule has 1 N–H and O–H groups in total. The normalized spacial score (nSPS) is 15.1. The molecule has 4 heteroatoms. The molecule has 8 aromatic rings. The van der Waals surface area contributed by atoms with Crippen molar-refractivity contribution in [2.45, 2.75) is 66.0 Å². The van der Waals surface area contributed by atoms with Crippen LogP contribution < -0.4 is 0 Å². The molecule has 0 amide bonds. The average molecular weight is 741 g/mol. The van der Waals surface area contributed by atoms with Gasteiger partial charge in [0.1, 0.15) is 11.6 Å². The van der Waals surface area contributed by atoms with Crippen molar-refractivity contribution in [2.24, 2.45) is 0 Å². The second-order valence-electron chi connectivity index (χ2n) is 15.6. The highest BCUT2D eigenvalue weighted by Crippen LogP contribution is 2.41. The van der Waals surface area contributed by atoms with E-state index in [0.29, 0.717) is 28.2 Å². The predicted molar refractivity (Wildman–Crippen MR) is 235 cm³/mol. The monoisotopic (exact) mass is 740 g/mol. The van der Waals surface area contributed by atoms with Gasteiger partial charge in [-0.2, -0.15) is 0 Å². The molecular formula is C52H49N3O. The maximum absolute atomic E-state index is 11.3. The Bertz CT molecular complexity index is 3030. The molecule has 0 fully saturated rings. The van der Waals surface area contributed by atoms with Gasteiger partial charge in [0.05, 0.1) is 22.3 Å². The zero-order valence-corrected chi connectivity index (χ0v) is 32.1. The number of aromatic nitrogens is 3. The van der Waals surface area contributed by atoms with E-state index >= 15 is 0 Å².